The largest absolute Gasteiger partial charge is 0.416 e. The number of rotatable bonds is 6. The standard InChI is InChI=1S/C20H18ClF3N6O2/c1-30(16-9-26-29-17(16)18(25)31)10-11-3-2-4-13(7-11)27-19(32)28-15-8-12(20(22,23)24)5-6-14(15)21/h2-9H,10H2,1H3,(H2,25,31)(H,26,29)(H2,27,28,32). The molecule has 2 aromatic carbocycles. The van der Waals surface area contributed by atoms with Crippen LogP contribution in [-0.2, 0) is 12.7 Å². The number of carbonyl (C=O) groups excluding carboxylic acids is 2. The van der Waals surface area contributed by atoms with Gasteiger partial charge in [-0.1, -0.05) is 23.7 Å². The molecule has 0 spiro atoms. The van der Waals surface area contributed by atoms with Crippen molar-refractivity contribution >= 4 is 40.6 Å². The zero-order valence-corrected chi connectivity index (χ0v) is 17.4. The monoisotopic (exact) mass is 466 g/mol. The first-order chi connectivity index (χ1) is 15.0. The van der Waals surface area contributed by atoms with Crippen LogP contribution in [0.1, 0.15) is 21.6 Å². The van der Waals surface area contributed by atoms with Crippen molar-refractivity contribution < 1.29 is 22.8 Å². The third kappa shape index (κ3) is 5.49. The van der Waals surface area contributed by atoms with Crippen molar-refractivity contribution in [1.29, 1.82) is 0 Å². The molecule has 8 nitrogen and oxygen atoms in total. The number of hydrogen-bond donors (Lipinski definition) is 4. The van der Waals surface area contributed by atoms with E-state index < -0.39 is 23.7 Å². The van der Waals surface area contributed by atoms with Crippen LogP contribution in [0.2, 0.25) is 5.02 Å². The zero-order chi connectivity index (χ0) is 23.5. The van der Waals surface area contributed by atoms with Crippen molar-refractivity contribution in [2.45, 2.75) is 12.7 Å². The van der Waals surface area contributed by atoms with E-state index in [1.807, 2.05) is 0 Å². The Balaban J connectivity index is 1.69. The molecule has 3 amide bonds. The second-order valence-corrected chi connectivity index (χ2v) is 7.22. The third-order valence-electron chi connectivity index (χ3n) is 4.41. The average molecular weight is 467 g/mol. The molecule has 0 bridgehead atoms. The Morgan fingerprint density at radius 1 is 1.19 bits per heavy atom. The minimum absolute atomic E-state index is 0.0334. The van der Waals surface area contributed by atoms with Crippen LogP contribution in [0.25, 0.3) is 0 Å². The summed E-state index contributed by atoms with van der Waals surface area (Å²) in [7, 11) is 1.74. The molecule has 0 atom stereocenters. The number of nitrogens with one attached hydrogen (secondary N) is 3. The van der Waals surface area contributed by atoms with Crippen LogP contribution in [0.15, 0.2) is 48.7 Å². The summed E-state index contributed by atoms with van der Waals surface area (Å²) in [4.78, 5) is 25.5. The highest BCUT2D eigenvalue weighted by molar-refractivity contribution is 6.33. The van der Waals surface area contributed by atoms with Crippen molar-refractivity contribution in [1.82, 2.24) is 10.2 Å². The summed E-state index contributed by atoms with van der Waals surface area (Å²) >= 11 is 5.90. The van der Waals surface area contributed by atoms with E-state index in [9.17, 15) is 22.8 Å². The molecular weight excluding hydrogens is 449 g/mol. The van der Waals surface area contributed by atoms with Crippen LogP contribution in [0.4, 0.5) is 35.0 Å². The Hall–Kier alpha value is -3.73. The summed E-state index contributed by atoms with van der Waals surface area (Å²) in [5.74, 6) is -0.673. The molecule has 1 heterocycles. The molecule has 0 saturated carbocycles. The highest BCUT2D eigenvalue weighted by atomic mass is 35.5. The van der Waals surface area contributed by atoms with E-state index in [1.54, 1.807) is 36.2 Å². The summed E-state index contributed by atoms with van der Waals surface area (Å²) in [5.41, 5.74) is 5.98. The minimum atomic E-state index is -4.57. The zero-order valence-electron chi connectivity index (χ0n) is 16.6. The Bertz CT molecular complexity index is 1150. The van der Waals surface area contributed by atoms with Gasteiger partial charge >= 0.3 is 12.2 Å². The van der Waals surface area contributed by atoms with Gasteiger partial charge in [0.05, 0.1) is 22.0 Å². The molecular formula is C20H18ClF3N6O2. The van der Waals surface area contributed by atoms with Crippen LogP contribution in [0.3, 0.4) is 0 Å². The smallest absolute Gasteiger partial charge is 0.367 e. The van der Waals surface area contributed by atoms with Crippen molar-refractivity contribution in [2.24, 2.45) is 5.73 Å². The van der Waals surface area contributed by atoms with Gasteiger partial charge in [-0.3, -0.25) is 9.89 Å². The number of aromatic amines is 1. The van der Waals surface area contributed by atoms with Crippen molar-refractivity contribution in [3.05, 3.63) is 70.5 Å². The Labute approximate surface area is 185 Å². The normalized spacial score (nSPS) is 11.2. The second kappa shape index (κ2) is 9.18. The van der Waals surface area contributed by atoms with Gasteiger partial charge in [0.15, 0.2) is 5.69 Å². The van der Waals surface area contributed by atoms with Crippen LogP contribution >= 0.6 is 11.6 Å². The first-order valence-corrected chi connectivity index (χ1v) is 9.51. The first-order valence-electron chi connectivity index (χ1n) is 9.13. The number of hydrogen-bond acceptors (Lipinski definition) is 4. The third-order valence-corrected chi connectivity index (χ3v) is 4.74. The highest BCUT2D eigenvalue weighted by Gasteiger charge is 2.31. The SMILES string of the molecule is CN(Cc1cccc(NC(=O)Nc2cc(C(F)(F)F)ccc2Cl)c1)c1c[nH]nc1C(N)=O. The number of aromatic nitrogens is 2. The fourth-order valence-electron chi connectivity index (χ4n) is 2.94. The van der Waals surface area contributed by atoms with Gasteiger partial charge in [0.25, 0.3) is 5.91 Å². The Morgan fingerprint density at radius 3 is 2.62 bits per heavy atom. The maximum absolute atomic E-state index is 12.9. The van der Waals surface area contributed by atoms with Gasteiger partial charge in [-0.05, 0) is 35.9 Å². The van der Waals surface area contributed by atoms with Crippen LogP contribution < -0.4 is 21.3 Å². The van der Waals surface area contributed by atoms with E-state index in [0.717, 1.165) is 23.8 Å². The summed E-state index contributed by atoms with van der Waals surface area (Å²) in [6.07, 6.45) is -3.03. The maximum atomic E-state index is 12.9. The fourth-order valence-corrected chi connectivity index (χ4v) is 3.11. The van der Waals surface area contributed by atoms with E-state index in [4.69, 9.17) is 17.3 Å². The predicted octanol–water partition coefficient (Wildman–Crippen LogP) is 4.46. The number of amides is 3. The van der Waals surface area contributed by atoms with Crippen LogP contribution in [0, 0.1) is 0 Å². The van der Waals surface area contributed by atoms with Gasteiger partial charge < -0.3 is 21.3 Å². The number of nitrogens with zero attached hydrogens (tertiary/aromatic N) is 2. The van der Waals surface area contributed by atoms with E-state index in [2.05, 4.69) is 20.8 Å². The molecule has 0 unspecified atom stereocenters. The first kappa shape index (κ1) is 22.9. The number of H-pyrrole nitrogens is 1. The maximum Gasteiger partial charge on any atom is 0.416 e. The summed E-state index contributed by atoms with van der Waals surface area (Å²) in [6.45, 7) is 0.358. The van der Waals surface area contributed by atoms with Gasteiger partial charge in [-0.25, -0.2) is 4.79 Å². The summed E-state index contributed by atoms with van der Waals surface area (Å²) in [6, 6.07) is 8.67. The molecule has 0 aliphatic rings. The van der Waals surface area contributed by atoms with Gasteiger partial charge in [0, 0.05) is 25.5 Å². The number of primary amides is 1. The lowest BCUT2D eigenvalue weighted by atomic mass is 10.2. The van der Waals surface area contributed by atoms with Gasteiger partial charge in [-0.2, -0.15) is 18.3 Å². The topological polar surface area (TPSA) is 116 Å². The number of halogens is 4. The molecule has 0 fully saturated rings. The Kier molecular flexibility index (Phi) is 6.58. The summed E-state index contributed by atoms with van der Waals surface area (Å²) in [5, 5.41) is 11.2. The average Bonchev–Trinajstić information content (AvgIpc) is 3.19. The number of anilines is 3. The van der Waals surface area contributed by atoms with Crippen molar-refractivity contribution in [3.8, 4) is 0 Å². The number of alkyl halides is 3. The molecule has 3 aromatic rings. The molecule has 0 radical (unpaired) electrons. The molecule has 0 aliphatic carbocycles. The molecule has 32 heavy (non-hydrogen) atoms. The molecule has 0 aliphatic heterocycles. The quantitative estimate of drug-likeness (QED) is 0.429. The van der Waals surface area contributed by atoms with E-state index in [-0.39, 0.29) is 16.4 Å². The highest BCUT2D eigenvalue weighted by Crippen LogP contribution is 2.33. The lowest BCUT2D eigenvalue weighted by Crippen LogP contribution is -2.22. The minimum Gasteiger partial charge on any atom is -0.367 e. The summed E-state index contributed by atoms with van der Waals surface area (Å²) < 4.78 is 38.7. The van der Waals surface area contributed by atoms with Crippen molar-refractivity contribution in [2.75, 3.05) is 22.6 Å². The van der Waals surface area contributed by atoms with Gasteiger partial charge in [0.1, 0.15) is 0 Å². The van der Waals surface area contributed by atoms with E-state index >= 15 is 0 Å². The lowest BCUT2D eigenvalue weighted by Gasteiger charge is -2.19. The van der Waals surface area contributed by atoms with E-state index in [0.29, 0.717) is 17.9 Å². The molecule has 168 valence electrons. The lowest BCUT2D eigenvalue weighted by molar-refractivity contribution is -0.137. The fraction of sp³-hybridized carbons (Fsp3) is 0.150. The molecule has 0 saturated heterocycles. The van der Waals surface area contributed by atoms with Gasteiger partial charge in [-0.15, -0.1) is 0 Å². The number of carbonyl (C=O) groups is 2. The molecule has 12 heteroatoms. The molecule has 1 aromatic heterocycles. The van der Waals surface area contributed by atoms with E-state index in [1.165, 1.54) is 6.20 Å². The molecule has 5 N–H and O–H groups in total. The van der Waals surface area contributed by atoms with Crippen LogP contribution in [0.5, 0.6) is 0 Å². The van der Waals surface area contributed by atoms with Gasteiger partial charge in [0.2, 0.25) is 0 Å². The predicted molar refractivity (Wildman–Crippen MR) is 115 cm³/mol. The second-order valence-electron chi connectivity index (χ2n) is 6.81. The molecule has 3 rings (SSSR count). The van der Waals surface area contributed by atoms with Crippen molar-refractivity contribution in [3.63, 3.8) is 0 Å². The number of urea groups is 1. The van der Waals surface area contributed by atoms with Crippen LogP contribution in [-0.4, -0.2) is 29.2 Å². The number of nitrogens with two attached hydrogens (primary N) is 1. The number of benzene rings is 2. The Morgan fingerprint density at radius 2 is 1.94 bits per heavy atom.